The van der Waals surface area contributed by atoms with Crippen LogP contribution in [-0.4, -0.2) is 23.2 Å². The fourth-order valence-corrected chi connectivity index (χ4v) is 1.36. The van der Waals surface area contributed by atoms with Crippen molar-refractivity contribution in [1.29, 1.82) is 0 Å². The van der Waals surface area contributed by atoms with Crippen molar-refractivity contribution in [2.24, 2.45) is 0 Å². The molecular weight excluding hydrogens is 192 g/mol. The molecule has 0 aromatic carbocycles. The second kappa shape index (κ2) is 5.53. The minimum Gasteiger partial charge on any atom is -0.478 e. The maximum atomic E-state index is 5.45. The first-order chi connectivity index (χ1) is 7.20. The minimum atomic E-state index is 0.286. The van der Waals surface area contributed by atoms with E-state index in [0.29, 0.717) is 25.0 Å². The van der Waals surface area contributed by atoms with Crippen molar-refractivity contribution in [3.8, 4) is 11.8 Å². The van der Waals surface area contributed by atoms with E-state index >= 15 is 0 Å². The summed E-state index contributed by atoms with van der Waals surface area (Å²) in [6.07, 6.45) is 1.47. The number of rotatable bonds is 5. The third-order valence-electron chi connectivity index (χ3n) is 1.95. The molecule has 0 spiro atoms. The summed E-state index contributed by atoms with van der Waals surface area (Å²) in [5.41, 5.74) is 0.946. The molecule has 4 nitrogen and oxygen atoms in total. The molecule has 0 aliphatic heterocycles. The fourth-order valence-electron chi connectivity index (χ4n) is 1.36. The standard InChI is InChI=1S/C11H18N2O2/c1-5-14-10-9(8(3)4)11(15-6-2)13-7-12-10/h7-8H,5-6H2,1-4H3. The van der Waals surface area contributed by atoms with Gasteiger partial charge in [-0.25, -0.2) is 9.97 Å². The molecule has 0 atom stereocenters. The van der Waals surface area contributed by atoms with Gasteiger partial charge in [0, 0.05) is 0 Å². The Balaban J connectivity index is 3.09. The molecule has 0 saturated heterocycles. The Morgan fingerprint density at radius 1 is 1.07 bits per heavy atom. The molecule has 0 unspecified atom stereocenters. The number of nitrogens with zero attached hydrogens (tertiary/aromatic N) is 2. The summed E-state index contributed by atoms with van der Waals surface area (Å²) in [5.74, 6) is 1.55. The average molecular weight is 210 g/mol. The zero-order valence-corrected chi connectivity index (χ0v) is 9.78. The molecule has 0 amide bonds. The smallest absolute Gasteiger partial charge is 0.223 e. The highest BCUT2D eigenvalue weighted by Crippen LogP contribution is 2.31. The summed E-state index contributed by atoms with van der Waals surface area (Å²) >= 11 is 0. The molecule has 4 heteroatoms. The van der Waals surface area contributed by atoms with Crippen LogP contribution >= 0.6 is 0 Å². The van der Waals surface area contributed by atoms with Crippen molar-refractivity contribution >= 4 is 0 Å². The Morgan fingerprint density at radius 2 is 1.53 bits per heavy atom. The monoisotopic (exact) mass is 210 g/mol. The first-order valence-electron chi connectivity index (χ1n) is 5.31. The number of hydrogen-bond acceptors (Lipinski definition) is 4. The maximum absolute atomic E-state index is 5.45. The Kier molecular flexibility index (Phi) is 4.34. The summed E-state index contributed by atoms with van der Waals surface area (Å²) < 4.78 is 10.9. The van der Waals surface area contributed by atoms with E-state index in [0.717, 1.165) is 5.56 Å². The van der Waals surface area contributed by atoms with E-state index in [1.54, 1.807) is 0 Å². The van der Waals surface area contributed by atoms with Crippen molar-refractivity contribution in [2.75, 3.05) is 13.2 Å². The molecular formula is C11H18N2O2. The number of aromatic nitrogens is 2. The Bertz CT molecular complexity index is 289. The van der Waals surface area contributed by atoms with Gasteiger partial charge in [-0.2, -0.15) is 0 Å². The van der Waals surface area contributed by atoms with Crippen molar-refractivity contribution in [1.82, 2.24) is 9.97 Å². The van der Waals surface area contributed by atoms with E-state index < -0.39 is 0 Å². The molecule has 15 heavy (non-hydrogen) atoms. The van der Waals surface area contributed by atoms with Crippen LogP contribution in [0.15, 0.2) is 6.33 Å². The van der Waals surface area contributed by atoms with Crippen molar-refractivity contribution < 1.29 is 9.47 Å². The summed E-state index contributed by atoms with van der Waals surface area (Å²) in [7, 11) is 0. The molecule has 1 rings (SSSR count). The van der Waals surface area contributed by atoms with Crippen LogP contribution in [0.5, 0.6) is 11.8 Å². The zero-order chi connectivity index (χ0) is 11.3. The molecule has 1 aromatic rings. The van der Waals surface area contributed by atoms with Gasteiger partial charge in [0.15, 0.2) is 0 Å². The highest BCUT2D eigenvalue weighted by Gasteiger charge is 2.16. The molecule has 0 saturated carbocycles. The van der Waals surface area contributed by atoms with Crippen LogP contribution in [0.1, 0.15) is 39.2 Å². The molecule has 0 fully saturated rings. The lowest BCUT2D eigenvalue weighted by molar-refractivity contribution is 0.295. The molecule has 1 heterocycles. The normalized spacial score (nSPS) is 10.5. The van der Waals surface area contributed by atoms with Gasteiger partial charge in [0.2, 0.25) is 11.8 Å². The van der Waals surface area contributed by atoms with Gasteiger partial charge in [-0.15, -0.1) is 0 Å². The lowest BCUT2D eigenvalue weighted by atomic mass is 10.1. The highest BCUT2D eigenvalue weighted by atomic mass is 16.5. The molecule has 84 valence electrons. The van der Waals surface area contributed by atoms with Crippen LogP contribution in [0, 0.1) is 0 Å². The van der Waals surface area contributed by atoms with Crippen molar-refractivity contribution in [2.45, 2.75) is 33.6 Å². The van der Waals surface area contributed by atoms with E-state index in [4.69, 9.17) is 9.47 Å². The predicted molar refractivity (Wildman–Crippen MR) is 58.5 cm³/mol. The molecule has 0 radical (unpaired) electrons. The lowest BCUT2D eigenvalue weighted by Crippen LogP contribution is -2.06. The average Bonchev–Trinajstić information content (AvgIpc) is 2.18. The maximum Gasteiger partial charge on any atom is 0.223 e. The number of ether oxygens (including phenoxy) is 2. The third-order valence-corrected chi connectivity index (χ3v) is 1.95. The molecule has 0 N–H and O–H groups in total. The van der Waals surface area contributed by atoms with E-state index in [9.17, 15) is 0 Å². The Labute approximate surface area is 90.7 Å². The summed E-state index contributed by atoms with van der Waals surface area (Å²) in [5, 5.41) is 0. The molecule has 0 aliphatic carbocycles. The van der Waals surface area contributed by atoms with Gasteiger partial charge in [0.1, 0.15) is 6.33 Å². The Hall–Kier alpha value is -1.32. The van der Waals surface area contributed by atoms with Gasteiger partial charge in [0.25, 0.3) is 0 Å². The quantitative estimate of drug-likeness (QED) is 0.748. The first-order valence-corrected chi connectivity index (χ1v) is 5.31. The van der Waals surface area contributed by atoms with Crippen LogP contribution in [0.3, 0.4) is 0 Å². The van der Waals surface area contributed by atoms with Crippen molar-refractivity contribution in [3.05, 3.63) is 11.9 Å². The minimum absolute atomic E-state index is 0.286. The van der Waals surface area contributed by atoms with Gasteiger partial charge < -0.3 is 9.47 Å². The third kappa shape index (κ3) is 2.81. The van der Waals surface area contributed by atoms with Gasteiger partial charge in [0.05, 0.1) is 18.8 Å². The second-order valence-corrected chi connectivity index (χ2v) is 3.42. The van der Waals surface area contributed by atoms with E-state index in [-0.39, 0.29) is 5.92 Å². The highest BCUT2D eigenvalue weighted by molar-refractivity contribution is 5.37. The van der Waals surface area contributed by atoms with Crippen LogP contribution in [0.4, 0.5) is 0 Å². The van der Waals surface area contributed by atoms with Crippen LogP contribution in [-0.2, 0) is 0 Å². The van der Waals surface area contributed by atoms with Gasteiger partial charge in [-0.05, 0) is 19.8 Å². The largest absolute Gasteiger partial charge is 0.478 e. The summed E-state index contributed by atoms with van der Waals surface area (Å²) in [4.78, 5) is 8.24. The summed E-state index contributed by atoms with van der Waals surface area (Å²) in [6.45, 7) is 9.22. The number of hydrogen-bond donors (Lipinski definition) is 0. The van der Waals surface area contributed by atoms with Crippen LogP contribution < -0.4 is 9.47 Å². The zero-order valence-electron chi connectivity index (χ0n) is 9.78. The molecule has 0 bridgehead atoms. The lowest BCUT2D eigenvalue weighted by Gasteiger charge is -2.14. The van der Waals surface area contributed by atoms with E-state index in [1.807, 2.05) is 13.8 Å². The van der Waals surface area contributed by atoms with Crippen molar-refractivity contribution in [3.63, 3.8) is 0 Å². The predicted octanol–water partition coefficient (Wildman–Crippen LogP) is 2.40. The second-order valence-electron chi connectivity index (χ2n) is 3.42. The summed E-state index contributed by atoms with van der Waals surface area (Å²) in [6, 6.07) is 0. The SMILES string of the molecule is CCOc1ncnc(OCC)c1C(C)C. The van der Waals surface area contributed by atoms with Gasteiger partial charge >= 0.3 is 0 Å². The molecule has 1 aromatic heterocycles. The molecule has 0 aliphatic rings. The van der Waals surface area contributed by atoms with Crippen LogP contribution in [0.2, 0.25) is 0 Å². The van der Waals surface area contributed by atoms with Crippen LogP contribution in [0.25, 0.3) is 0 Å². The topological polar surface area (TPSA) is 44.2 Å². The van der Waals surface area contributed by atoms with E-state index in [2.05, 4.69) is 23.8 Å². The first kappa shape index (κ1) is 11.8. The van der Waals surface area contributed by atoms with E-state index in [1.165, 1.54) is 6.33 Å². The van der Waals surface area contributed by atoms with Gasteiger partial charge in [-0.3, -0.25) is 0 Å². The van der Waals surface area contributed by atoms with Gasteiger partial charge in [-0.1, -0.05) is 13.8 Å². The fraction of sp³-hybridized carbons (Fsp3) is 0.636. The Morgan fingerprint density at radius 3 is 1.87 bits per heavy atom.